The van der Waals surface area contributed by atoms with E-state index >= 15 is 0 Å². The summed E-state index contributed by atoms with van der Waals surface area (Å²) in [6, 6.07) is 3.63. The first-order chi connectivity index (χ1) is 9.29. The molecule has 0 saturated heterocycles. The van der Waals surface area contributed by atoms with Gasteiger partial charge < -0.3 is 15.8 Å². The minimum atomic E-state index is 0.418. The fourth-order valence-corrected chi connectivity index (χ4v) is 2.32. The SMILES string of the molecule is N#Cc1cnc(NCCOC2CCCCC2)c(N)c1. The van der Waals surface area contributed by atoms with Crippen LogP contribution in [0.5, 0.6) is 0 Å². The van der Waals surface area contributed by atoms with Gasteiger partial charge in [-0.15, -0.1) is 0 Å². The van der Waals surface area contributed by atoms with Gasteiger partial charge in [-0.25, -0.2) is 4.98 Å². The number of pyridine rings is 1. The highest BCUT2D eigenvalue weighted by molar-refractivity contribution is 5.62. The quantitative estimate of drug-likeness (QED) is 0.793. The van der Waals surface area contributed by atoms with Crippen molar-refractivity contribution in [1.29, 1.82) is 5.26 Å². The maximum Gasteiger partial charge on any atom is 0.149 e. The average Bonchev–Trinajstić information content (AvgIpc) is 2.46. The van der Waals surface area contributed by atoms with Gasteiger partial charge in [-0.1, -0.05) is 19.3 Å². The lowest BCUT2D eigenvalue weighted by Crippen LogP contribution is -2.21. The van der Waals surface area contributed by atoms with Crippen LogP contribution in [0.2, 0.25) is 0 Å². The van der Waals surface area contributed by atoms with E-state index in [0.717, 1.165) is 0 Å². The summed E-state index contributed by atoms with van der Waals surface area (Å²) in [6.07, 6.45) is 8.19. The summed E-state index contributed by atoms with van der Waals surface area (Å²) in [5.41, 5.74) is 6.78. The van der Waals surface area contributed by atoms with Crippen LogP contribution in [0.4, 0.5) is 11.5 Å². The third kappa shape index (κ3) is 4.11. The largest absolute Gasteiger partial charge is 0.396 e. The Balaban J connectivity index is 1.72. The number of aromatic nitrogens is 1. The molecule has 0 atom stereocenters. The molecule has 0 bridgehead atoms. The second kappa shape index (κ2) is 6.95. The van der Waals surface area contributed by atoms with Gasteiger partial charge in [-0.2, -0.15) is 5.26 Å². The van der Waals surface area contributed by atoms with Crippen LogP contribution in [0, 0.1) is 11.3 Å². The van der Waals surface area contributed by atoms with Gasteiger partial charge in [-0.05, 0) is 18.9 Å². The first kappa shape index (κ1) is 13.6. The molecule has 0 radical (unpaired) electrons. The van der Waals surface area contributed by atoms with Crippen LogP contribution in [0.3, 0.4) is 0 Å². The maximum absolute atomic E-state index is 8.73. The molecule has 102 valence electrons. The van der Waals surface area contributed by atoms with Crippen LogP contribution >= 0.6 is 0 Å². The minimum absolute atomic E-state index is 0.418. The number of nitriles is 1. The molecule has 1 aliphatic carbocycles. The number of nitrogen functional groups attached to an aromatic ring is 1. The van der Waals surface area contributed by atoms with Crippen molar-refractivity contribution in [3.05, 3.63) is 17.8 Å². The standard InChI is InChI=1S/C14H20N4O/c15-9-11-8-13(16)14(18-10-11)17-6-7-19-12-4-2-1-3-5-12/h8,10,12H,1-7,16H2,(H,17,18). The molecule has 1 aromatic heterocycles. The summed E-state index contributed by atoms with van der Waals surface area (Å²) in [4.78, 5) is 4.12. The van der Waals surface area contributed by atoms with Crippen molar-refractivity contribution in [3.8, 4) is 6.07 Å². The number of rotatable bonds is 5. The molecule has 19 heavy (non-hydrogen) atoms. The number of hydrogen-bond donors (Lipinski definition) is 2. The highest BCUT2D eigenvalue weighted by atomic mass is 16.5. The molecule has 5 nitrogen and oxygen atoms in total. The van der Waals surface area contributed by atoms with Gasteiger partial charge in [0, 0.05) is 12.7 Å². The van der Waals surface area contributed by atoms with E-state index in [9.17, 15) is 0 Å². The van der Waals surface area contributed by atoms with E-state index in [2.05, 4.69) is 10.3 Å². The van der Waals surface area contributed by atoms with E-state index in [1.165, 1.54) is 38.3 Å². The summed E-state index contributed by atoms with van der Waals surface area (Å²) in [5.74, 6) is 0.617. The third-order valence-corrected chi connectivity index (χ3v) is 3.35. The summed E-state index contributed by atoms with van der Waals surface area (Å²) >= 11 is 0. The lowest BCUT2D eigenvalue weighted by atomic mass is 9.98. The van der Waals surface area contributed by atoms with Crippen molar-refractivity contribution >= 4 is 11.5 Å². The lowest BCUT2D eigenvalue weighted by Gasteiger charge is -2.22. The van der Waals surface area contributed by atoms with E-state index < -0.39 is 0 Å². The molecule has 1 fully saturated rings. The van der Waals surface area contributed by atoms with E-state index in [0.29, 0.717) is 36.3 Å². The van der Waals surface area contributed by atoms with Crippen molar-refractivity contribution < 1.29 is 4.74 Å². The Morgan fingerprint density at radius 1 is 1.42 bits per heavy atom. The lowest BCUT2D eigenvalue weighted by molar-refractivity contribution is 0.0347. The first-order valence-electron chi connectivity index (χ1n) is 6.80. The first-order valence-corrected chi connectivity index (χ1v) is 6.80. The van der Waals surface area contributed by atoms with Crippen molar-refractivity contribution in [2.45, 2.75) is 38.2 Å². The minimum Gasteiger partial charge on any atom is -0.396 e. The fourth-order valence-electron chi connectivity index (χ4n) is 2.32. The number of hydrogen-bond acceptors (Lipinski definition) is 5. The van der Waals surface area contributed by atoms with Crippen LogP contribution < -0.4 is 11.1 Å². The summed E-state index contributed by atoms with van der Waals surface area (Å²) in [7, 11) is 0. The normalized spacial score (nSPS) is 15.9. The van der Waals surface area contributed by atoms with Crippen LogP contribution in [-0.2, 0) is 4.74 Å². The highest BCUT2D eigenvalue weighted by Gasteiger charge is 2.13. The zero-order valence-corrected chi connectivity index (χ0v) is 11.1. The molecule has 5 heteroatoms. The smallest absolute Gasteiger partial charge is 0.149 e. The van der Waals surface area contributed by atoms with E-state index in [1.807, 2.05) is 6.07 Å². The molecule has 0 aliphatic heterocycles. The van der Waals surface area contributed by atoms with Gasteiger partial charge in [0.2, 0.25) is 0 Å². The predicted molar refractivity (Wildman–Crippen MR) is 74.7 cm³/mol. The van der Waals surface area contributed by atoms with Gasteiger partial charge >= 0.3 is 0 Å². The van der Waals surface area contributed by atoms with Gasteiger partial charge in [0.15, 0.2) is 0 Å². The van der Waals surface area contributed by atoms with Crippen molar-refractivity contribution in [2.24, 2.45) is 0 Å². The Labute approximate surface area is 113 Å². The molecule has 0 spiro atoms. The molecule has 1 aromatic rings. The molecule has 0 amide bonds. The monoisotopic (exact) mass is 260 g/mol. The van der Waals surface area contributed by atoms with Crippen LogP contribution in [0.25, 0.3) is 0 Å². The Bertz CT molecular complexity index is 449. The maximum atomic E-state index is 8.73. The number of nitrogens with two attached hydrogens (primary N) is 1. The Kier molecular flexibility index (Phi) is 4.99. The summed E-state index contributed by atoms with van der Waals surface area (Å²) in [5, 5.41) is 11.9. The summed E-state index contributed by atoms with van der Waals surface area (Å²) in [6.45, 7) is 1.34. The van der Waals surface area contributed by atoms with E-state index in [1.54, 1.807) is 6.07 Å². The average molecular weight is 260 g/mol. The number of ether oxygens (including phenoxy) is 1. The van der Waals surface area contributed by atoms with Crippen molar-refractivity contribution in [2.75, 3.05) is 24.2 Å². The Hall–Kier alpha value is -1.80. The number of anilines is 2. The second-order valence-corrected chi connectivity index (χ2v) is 4.83. The molecule has 0 unspecified atom stereocenters. The van der Waals surface area contributed by atoms with Crippen LogP contribution in [-0.4, -0.2) is 24.2 Å². The topological polar surface area (TPSA) is 84.0 Å². The van der Waals surface area contributed by atoms with Gasteiger partial charge in [0.1, 0.15) is 11.9 Å². The zero-order chi connectivity index (χ0) is 13.5. The predicted octanol–water partition coefficient (Wildman–Crippen LogP) is 2.30. The van der Waals surface area contributed by atoms with Crippen molar-refractivity contribution in [3.63, 3.8) is 0 Å². The van der Waals surface area contributed by atoms with Gasteiger partial charge in [0.25, 0.3) is 0 Å². The molecular formula is C14H20N4O. The number of nitrogens with one attached hydrogen (secondary N) is 1. The van der Waals surface area contributed by atoms with Gasteiger partial charge in [-0.3, -0.25) is 0 Å². The highest BCUT2D eigenvalue weighted by Crippen LogP contribution is 2.20. The Morgan fingerprint density at radius 2 is 2.21 bits per heavy atom. The molecule has 3 N–H and O–H groups in total. The molecule has 1 aliphatic rings. The molecule has 2 rings (SSSR count). The molecule has 0 aromatic carbocycles. The number of nitrogens with zero attached hydrogens (tertiary/aromatic N) is 2. The fraction of sp³-hybridized carbons (Fsp3) is 0.571. The van der Waals surface area contributed by atoms with Crippen LogP contribution in [0.1, 0.15) is 37.7 Å². The molecule has 1 saturated carbocycles. The van der Waals surface area contributed by atoms with Crippen molar-refractivity contribution in [1.82, 2.24) is 4.98 Å². The molecule has 1 heterocycles. The van der Waals surface area contributed by atoms with E-state index in [-0.39, 0.29) is 0 Å². The zero-order valence-electron chi connectivity index (χ0n) is 11.1. The third-order valence-electron chi connectivity index (χ3n) is 3.35. The second-order valence-electron chi connectivity index (χ2n) is 4.83. The Morgan fingerprint density at radius 3 is 2.89 bits per heavy atom. The van der Waals surface area contributed by atoms with E-state index in [4.69, 9.17) is 15.7 Å². The molecular weight excluding hydrogens is 240 g/mol. The van der Waals surface area contributed by atoms with Gasteiger partial charge in [0.05, 0.1) is 24.0 Å². The van der Waals surface area contributed by atoms with Crippen LogP contribution in [0.15, 0.2) is 12.3 Å². The summed E-state index contributed by atoms with van der Waals surface area (Å²) < 4.78 is 5.81.